The summed E-state index contributed by atoms with van der Waals surface area (Å²) in [6.45, 7) is 3.88. The molecule has 1 heterocycles. The minimum atomic E-state index is -0.347. The second kappa shape index (κ2) is 6.22. The highest BCUT2D eigenvalue weighted by Crippen LogP contribution is 2.30. The van der Waals surface area contributed by atoms with Crippen LogP contribution in [0.1, 0.15) is 11.9 Å². The molecule has 0 aliphatic carbocycles. The average molecular weight is 286 g/mol. The molecular weight excluding hydrogens is 273 g/mol. The summed E-state index contributed by atoms with van der Waals surface area (Å²) in [4.78, 5) is 0. The molecule has 0 aliphatic heterocycles. The number of hydrogen-bond acceptors (Lipinski definition) is 4. The monoisotopic (exact) mass is 285 g/mol. The molecule has 2 rings (SSSR count). The quantitative estimate of drug-likeness (QED) is 0.858. The van der Waals surface area contributed by atoms with E-state index in [-0.39, 0.29) is 5.82 Å². The van der Waals surface area contributed by atoms with E-state index in [1.807, 2.05) is 0 Å². The SMILES string of the molecule is CCNCCc1nnc(-c2ccc(F)cc2Cl)s1. The number of likely N-dealkylation sites (N-methyl/N-ethyl adjacent to an activating group) is 1. The third-order valence-corrected chi connectivity index (χ3v) is 3.72. The third-order valence-electron chi connectivity index (χ3n) is 2.39. The molecule has 1 aromatic carbocycles. The lowest BCUT2D eigenvalue weighted by Gasteiger charge is -1.99. The van der Waals surface area contributed by atoms with Crippen molar-refractivity contribution in [2.45, 2.75) is 13.3 Å². The summed E-state index contributed by atoms with van der Waals surface area (Å²) >= 11 is 7.47. The molecule has 0 saturated heterocycles. The lowest BCUT2D eigenvalue weighted by atomic mass is 10.2. The van der Waals surface area contributed by atoms with E-state index in [9.17, 15) is 4.39 Å². The Labute approximate surface area is 114 Å². The van der Waals surface area contributed by atoms with E-state index in [0.717, 1.165) is 35.1 Å². The number of halogens is 2. The van der Waals surface area contributed by atoms with E-state index >= 15 is 0 Å². The molecule has 0 atom stereocenters. The van der Waals surface area contributed by atoms with E-state index in [4.69, 9.17) is 11.6 Å². The van der Waals surface area contributed by atoms with Crippen LogP contribution in [-0.2, 0) is 6.42 Å². The molecule has 0 saturated carbocycles. The van der Waals surface area contributed by atoms with Gasteiger partial charge in [0.2, 0.25) is 0 Å². The van der Waals surface area contributed by atoms with Crippen molar-refractivity contribution in [2.24, 2.45) is 0 Å². The Balaban J connectivity index is 2.13. The zero-order chi connectivity index (χ0) is 13.0. The standard InChI is InChI=1S/C12H13ClFN3S/c1-2-15-6-5-11-16-17-12(18-11)9-4-3-8(14)7-10(9)13/h3-4,7,15H,2,5-6H2,1H3. The molecule has 0 spiro atoms. The zero-order valence-corrected chi connectivity index (χ0v) is 11.5. The molecule has 3 nitrogen and oxygen atoms in total. The Hall–Kier alpha value is -1.04. The van der Waals surface area contributed by atoms with Crippen LogP contribution in [0.4, 0.5) is 4.39 Å². The Kier molecular flexibility index (Phi) is 4.63. The van der Waals surface area contributed by atoms with Gasteiger partial charge in [0.15, 0.2) is 0 Å². The normalized spacial score (nSPS) is 10.8. The first kappa shape index (κ1) is 13.4. The highest BCUT2D eigenvalue weighted by molar-refractivity contribution is 7.14. The van der Waals surface area contributed by atoms with Crippen molar-refractivity contribution in [1.82, 2.24) is 15.5 Å². The molecule has 0 amide bonds. The van der Waals surface area contributed by atoms with Gasteiger partial charge in [0.05, 0.1) is 5.02 Å². The van der Waals surface area contributed by atoms with Crippen LogP contribution in [0.3, 0.4) is 0 Å². The summed E-state index contributed by atoms with van der Waals surface area (Å²) in [5.74, 6) is -0.347. The highest BCUT2D eigenvalue weighted by Gasteiger charge is 2.10. The molecule has 1 aromatic heterocycles. The van der Waals surface area contributed by atoms with E-state index in [0.29, 0.717) is 5.02 Å². The summed E-state index contributed by atoms with van der Waals surface area (Å²) in [7, 11) is 0. The average Bonchev–Trinajstić information content (AvgIpc) is 2.78. The number of benzene rings is 1. The maximum absolute atomic E-state index is 12.9. The first-order valence-corrected chi connectivity index (χ1v) is 6.88. The Morgan fingerprint density at radius 2 is 2.22 bits per heavy atom. The van der Waals surface area contributed by atoms with Crippen LogP contribution < -0.4 is 5.32 Å². The van der Waals surface area contributed by atoms with Gasteiger partial charge in [0, 0.05) is 18.5 Å². The van der Waals surface area contributed by atoms with Gasteiger partial charge in [-0.25, -0.2) is 4.39 Å². The lowest BCUT2D eigenvalue weighted by Crippen LogP contribution is -2.15. The van der Waals surface area contributed by atoms with Gasteiger partial charge in [-0.05, 0) is 24.7 Å². The third kappa shape index (κ3) is 3.25. The number of hydrogen-bond donors (Lipinski definition) is 1. The van der Waals surface area contributed by atoms with Gasteiger partial charge >= 0.3 is 0 Å². The lowest BCUT2D eigenvalue weighted by molar-refractivity contribution is 0.628. The molecule has 0 fully saturated rings. The van der Waals surface area contributed by atoms with Crippen molar-refractivity contribution in [3.63, 3.8) is 0 Å². The van der Waals surface area contributed by atoms with Gasteiger partial charge in [-0.15, -0.1) is 10.2 Å². The fraction of sp³-hybridized carbons (Fsp3) is 0.333. The Morgan fingerprint density at radius 1 is 1.39 bits per heavy atom. The zero-order valence-electron chi connectivity index (χ0n) is 9.91. The van der Waals surface area contributed by atoms with Crippen LogP contribution in [0.2, 0.25) is 5.02 Å². The van der Waals surface area contributed by atoms with E-state index in [2.05, 4.69) is 22.4 Å². The fourth-order valence-corrected chi connectivity index (χ4v) is 2.69. The molecule has 96 valence electrons. The maximum atomic E-state index is 12.9. The molecule has 6 heteroatoms. The highest BCUT2D eigenvalue weighted by atomic mass is 35.5. The van der Waals surface area contributed by atoms with Crippen LogP contribution >= 0.6 is 22.9 Å². The van der Waals surface area contributed by atoms with E-state index < -0.39 is 0 Å². The van der Waals surface area contributed by atoms with Gasteiger partial charge in [0.1, 0.15) is 15.8 Å². The molecule has 18 heavy (non-hydrogen) atoms. The number of nitrogens with zero attached hydrogens (tertiary/aromatic N) is 2. The fourth-order valence-electron chi connectivity index (χ4n) is 1.50. The number of aromatic nitrogens is 2. The molecule has 0 radical (unpaired) electrons. The van der Waals surface area contributed by atoms with Gasteiger partial charge in [-0.1, -0.05) is 29.9 Å². The van der Waals surface area contributed by atoms with Crippen molar-refractivity contribution in [3.8, 4) is 10.6 Å². The summed E-state index contributed by atoms with van der Waals surface area (Å²) in [5, 5.41) is 13.5. The minimum absolute atomic E-state index is 0.347. The predicted molar refractivity (Wildman–Crippen MR) is 72.6 cm³/mol. The second-order valence-electron chi connectivity index (χ2n) is 3.73. The Bertz CT molecular complexity index is 530. The van der Waals surface area contributed by atoms with Gasteiger partial charge in [-0.2, -0.15) is 0 Å². The molecule has 1 N–H and O–H groups in total. The largest absolute Gasteiger partial charge is 0.317 e. The van der Waals surface area contributed by atoms with Gasteiger partial charge in [0.25, 0.3) is 0 Å². The summed E-state index contributed by atoms with van der Waals surface area (Å²) in [6.07, 6.45) is 0.838. The molecule has 2 aromatic rings. The van der Waals surface area contributed by atoms with Gasteiger partial charge < -0.3 is 5.32 Å². The molecule has 0 bridgehead atoms. The van der Waals surface area contributed by atoms with E-state index in [1.54, 1.807) is 6.07 Å². The van der Waals surface area contributed by atoms with Crippen LogP contribution in [0.5, 0.6) is 0 Å². The smallest absolute Gasteiger partial charge is 0.149 e. The predicted octanol–water partition coefficient (Wildman–Crippen LogP) is 3.15. The van der Waals surface area contributed by atoms with Crippen molar-refractivity contribution in [1.29, 1.82) is 0 Å². The first-order chi connectivity index (χ1) is 8.70. The topological polar surface area (TPSA) is 37.8 Å². The van der Waals surface area contributed by atoms with Crippen LogP contribution in [0.25, 0.3) is 10.6 Å². The van der Waals surface area contributed by atoms with Crippen molar-refractivity contribution in [2.75, 3.05) is 13.1 Å². The van der Waals surface area contributed by atoms with E-state index in [1.165, 1.54) is 23.5 Å². The van der Waals surface area contributed by atoms with Crippen LogP contribution in [-0.4, -0.2) is 23.3 Å². The van der Waals surface area contributed by atoms with Crippen molar-refractivity contribution >= 4 is 22.9 Å². The maximum Gasteiger partial charge on any atom is 0.149 e. The summed E-state index contributed by atoms with van der Waals surface area (Å²) in [5.41, 5.74) is 0.727. The first-order valence-electron chi connectivity index (χ1n) is 5.69. The summed E-state index contributed by atoms with van der Waals surface area (Å²) in [6, 6.07) is 4.30. The Morgan fingerprint density at radius 3 is 2.94 bits per heavy atom. The molecular formula is C12H13ClFN3S. The molecule has 0 unspecified atom stereocenters. The number of nitrogens with one attached hydrogen (secondary N) is 1. The minimum Gasteiger partial charge on any atom is -0.317 e. The molecule has 0 aliphatic rings. The second-order valence-corrected chi connectivity index (χ2v) is 5.20. The van der Waals surface area contributed by atoms with Crippen LogP contribution in [0.15, 0.2) is 18.2 Å². The van der Waals surface area contributed by atoms with Crippen LogP contribution in [0, 0.1) is 5.82 Å². The van der Waals surface area contributed by atoms with Crippen molar-refractivity contribution in [3.05, 3.63) is 34.0 Å². The summed E-state index contributed by atoms with van der Waals surface area (Å²) < 4.78 is 12.9. The number of rotatable bonds is 5. The van der Waals surface area contributed by atoms with Crippen molar-refractivity contribution < 1.29 is 4.39 Å². The van der Waals surface area contributed by atoms with Gasteiger partial charge in [-0.3, -0.25) is 0 Å².